The van der Waals surface area contributed by atoms with E-state index >= 15 is 0 Å². The first-order valence-electron chi connectivity index (χ1n) is 13.8. The molecule has 0 aromatic carbocycles. The van der Waals surface area contributed by atoms with E-state index in [0.717, 1.165) is 48.6 Å². The number of pyridine rings is 1. The van der Waals surface area contributed by atoms with E-state index in [4.69, 9.17) is 0 Å². The van der Waals surface area contributed by atoms with Gasteiger partial charge in [0.05, 0.1) is 11.4 Å². The highest BCUT2D eigenvalue weighted by Crippen LogP contribution is 2.29. The smallest absolute Gasteiger partial charge is 0.131 e. The quantitative estimate of drug-likeness (QED) is 0.257. The fourth-order valence-electron chi connectivity index (χ4n) is 4.42. The lowest BCUT2D eigenvalue weighted by Crippen LogP contribution is -2.07. The molecule has 0 radical (unpaired) electrons. The molecular formula is C31H45N5. The van der Waals surface area contributed by atoms with Crippen LogP contribution in [0, 0.1) is 0 Å². The zero-order chi connectivity index (χ0) is 26.2. The molecule has 0 N–H and O–H groups in total. The van der Waals surface area contributed by atoms with Crippen LogP contribution in [-0.2, 0) is 0 Å². The molecule has 0 aliphatic rings. The minimum Gasteiger partial charge on any atom is -0.261 e. The molecule has 0 fully saturated rings. The van der Waals surface area contributed by atoms with Gasteiger partial charge in [-0.15, -0.1) is 0 Å². The van der Waals surface area contributed by atoms with Gasteiger partial charge in [0.15, 0.2) is 0 Å². The zero-order valence-electron chi connectivity index (χ0n) is 23.6. The van der Waals surface area contributed by atoms with Crippen LogP contribution in [0.15, 0.2) is 42.9 Å². The van der Waals surface area contributed by atoms with Crippen LogP contribution in [0.1, 0.15) is 151 Å². The second kappa shape index (κ2) is 13.0. The van der Waals surface area contributed by atoms with Gasteiger partial charge in [-0.25, -0.2) is 9.97 Å². The van der Waals surface area contributed by atoms with Crippen LogP contribution in [0.25, 0.3) is 0 Å². The van der Waals surface area contributed by atoms with Crippen molar-refractivity contribution in [2.75, 3.05) is 0 Å². The molecule has 0 spiro atoms. The summed E-state index contributed by atoms with van der Waals surface area (Å²) in [4.78, 5) is 13.8. The van der Waals surface area contributed by atoms with Crippen molar-refractivity contribution in [2.45, 2.75) is 117 Å². The largest absolute Gasteiger partial charge is 0.261 e. The Balaban J connectivity index is 1.47. The Morgan fingerprint density at radius 2 is 0.944 bits per heavy atom. The first kappa shape index (κ1) is 27.9. The Labute approximate surface area is 218 Å². The lowest BCUT2D eigenvalue weighted by Gasteiger charge is -2.17. The van der Waals surface area contributed by atoms with E-state index in [-0.39, 0.29) is 0 Å². The van der Waals surface area contributed by atoms with Gasteiger partial charge in [0.25, 0.3) is 0 Å². The van der Waals surface area contributed by atoms with Crippen LogP contribution in [0.4, 0.5) is 0 Å². The number of nitrogens with zero attached hydrogens (tertiary/aromatic N) is 5. The molecule has 0 bridgehead atoms. The molecule has 3 rings (SSSR count). The molecule has 4 atom stereocenters. The highest BCUT2D eigenvalue weighted by Gasteiger charge is 2.16. The van der Waals surface area contributed by atoms with Crippen molar-refractivity contribution >= 4 is 0 Å². The van der Waals surface area contributed by atoms with E-state index in [9.17, 15) is 0 Å². The number of aromatic nitrogens is 5. The van der Waals surface area contributed by atoms with Crippen LogP contribution in [-0.4, -0.2) is 25.1 Å². The van der Waals surface area contributed by atoms with Crippen LogP contribution < -0.4 is 0 Å². The number of hydrogen-bond acceptors (Lipinski definition) is 5. The second-order valence-corrected chi connectivity index (χ2v) is 11.3. The zero-order valence-corrected chi connectivity index (χ0v) is 23.6. The van der Waals surface area contributed by atoms with Crippen molar-refractivity contribution in [1.82, 2.24) is 25.1 Å². The van der Waals surface area contributed by atoms with Gasteiger partial charge in [0.2, 0.25) is 0 Å². The van der Waals surface area contributed by atoms with Gasteiger partial charge in [-0.05, 0) is 72.8 Å². The molecule has 194 valence electrons. The summed E-state index contributed by atoms with van der Waals surface area (Å²) in [5.74, 6) is 3.43. The summed E-state index contributed by atoms with van der Waals surface area (Å²) in [6.45, 7) is 17.7. The average molecular weight is 488 g/mol. The lowest BCUT2D eigenvalue weighted by atomic mass is 9.91. The fraction of sp³-hybridized carbons (Fsp3) is 0.581. The molecule has 0 saturated heterocycles. The van der Waals surface area contributed by atoms with Gasteiger partial charge in [0, 0.05) is 42.0 Å². The van der Waals surface area contributed by atoms with E-state index in [1.807, 2.05) is 18.6 Å². The Morgan fingerprint density at radius 3 is 1.39 bits per heavy atom. The minimum absolute atomic E-state index is 0.333. The molecule has 0 amide bonds. The van der Waals surface area contributed by atoms with Gasteiger partial charge in [-0.3, -0.25) is 4.98 Å². The van der Waals surface area contributed by atoms with Crippen molar-refractivity contribution in [3.05, 3.63) is 76.9 Å². The average Bonchev–Trinajstić information content (AvgIpc) is 2.90. The summed E-state index contributed by atoms with van der Waals surface area (Å²) in [5, 5.41) is 9.21. The molecular weight excluding hydrogens is 442 g/mol. The van der Waals surface area contributed by atoms with Gasteiger partial charge in [-0.1, -0.05) is 61.5 Å². The molecule has 0 saturated carbocycles. The van der Waals surface area contributed by atoms with Crippen molar-refractivity contribution in [1.29, 1.82) is 0 Å². The topological polar surface area (TPSA) is 64.5 Å². The predicted molar refractivity (Wildman–Crippen MR) is 149 cm³/mol. The maximum atomic E-state index is 4.63. The minimum atomic E-state index is 0.333. The summed E-state index contributed by atoms with van der Waals surface area (Å²) in [6.07, 6.45) is 10.3. The number of hydrogen-bond donors (Lipinski definition) is 0. The van der Waals surface area contributed by atoms with E-state index in [1.54, 1.807) is 0 Å². The Hall–Kier alpha value is -2.69. The van der Waals surface area contributed by atoms with Crippen molar-refractivity contribution in [2.24, 2.45) is 0 Å². The third kappa shape index (κ3) is 7.65. The van der Waals surface area contributed by atoms with Gasteiger partial charge < -0.3 is 0 Å². The summed E-state index contributed by atoms with van der Waals surface area (Å²) < 4.78 is 0. The van der Waals surface area contributed by atoms with Crippen molar-refractivity contribution in [3.8, 4) is 0 Å². The molecule has 36 heavy (non-hydrogen) atoms. The third-order valence-corrected chi connectivity index (χ3v) is 7.55. The Kier molecular flexibility index (Phi) is 10.1. The van der Waals surface area contributed by atoms with E-state index in [1.165, 1.54) is 11.1 Å². The van der Waals surface area contributed by atoms with Crippen molar-refractivity contribution < 1.29 is 0 Å². The summed E-state index contributed by atoms with van der Waals surface area (Å²) in [5.41, 5.74) is 5.82. The van der Waals surface area contributed by atoms with Gasteiger partial charge in [-0.2, -0.15) is 10.2 Å². The SMILES string of the molecule is CC(C)c1cnc(C(C)CCC(C)c2ccc(C(C)CCC(C)c3ccc(C(C)C)nc3)nn2)nc1. The highest BCUT2D eigenvalue weighted by molar-refractivity contribution is 5.20. The van der Waals surface area contributed by atoms with E-state index < -0.39 is 0 Å². The highest BCUT2D eigenvalue weighted by atomic mass is 15.1. The predicted octanol–water partition coefficient (Wildman–Crippen LogP) is 8.28. The standard InChI is InChI=1S/C31H45N5/c1-20(2)27-18-33-31(34-19-27)25(8)12-11-24(7)30-16-15-29(35-36-30)23(6)10-9-22(5)26-13-14-28(21(3)4)32-17-26/h13-25H,9-12H2,1-8H3. The molecule has 3 heterocycles. The van der Waals surface area contributed by atoms with Gasteiger partial charge in [0.1, 0.15) is 5.82 Å². The third-order valence-electron chi connectivity index (χ3n) is 7.55. The summed E-state index contributed by atoms with van der Waals surface area (Å²) in [7, 11) is 0. The molecule has 5 heteroatoms. The van der Waals surface area contributed by atoms with Crippen molar-refractivity contribution in [3.63, 3.8) is 0 Å². The van der Waals surface area contributed by atoms with Crippen LogP contribution in [0.2, 0.25) is 0 Å². The van der Waals surface area contributed by atoms with Gasteiger partial charge >= 0.3 is 0 Å². The first-order chi connectivity index (χ1) is 17.2. The molecule has 5 nitrogen and oxygen atoms in total. The van der Waals surface area contributed by atoms with E-state index in [2.05, 4.69) is 105 Å². The molecule has 4 unspecified atom stereocenters. The Morgan fingerprint density at radius 1 is 0.472 bits per heavy atom. The maximum Gasteiger partial charge on any atom is 0.131 e. The van der Waals surface area contributed by atoms with E-state index in [0.29, 0.717) is 35.5 Å². The fourth-order valence-corrected chi connectivity index (χ4v) is 4.42. The maximum absolute atomic E-state index is 4.63. The summed E-state index contributed by atoms with van der Waals surface area (Å²) >= 11 is 0. The summed E-state index contributed by atoms with van der Waals surface area (Å²) in [6, 6.07) is 8.74. The first-order valence-corrected chi connectivity index (χ1v) is 13.8. The molecule has 0 aliphatic carbocycles. The monoisotopic (exact) mass is 487 g/mol. The molecule has 3 aromatic heterocycles. The number of rotatable bonds is 12. The normalized spacial score (nSPS) is 15.2. The van der Waals surface area contributed by atoms with Crippen LogP contribution in [0.3, 0.4) is 0 Å². The molecule has 3 aromatic rings. The Bertz CT molecular complexity index is 955. The van der Waals surface area contributed by atoms with Crippen LogP contribution >= 0.6 is 0 Å². The second-order valence-electron chi connectivity index (χ2n) is 11.3. The lowest BCUT2D eigenvalue weighted by molar-refractivity contribution is 0.536. The molecule has 0 aliphatic heterocycles. The van der Waals surface area contributed by atoms with Crippen LogP contribution in [0.5, 0.6) is 0 Å².